The van der Waals surface area contributed by atoms with Crippen LogP contribution < -0.4 is 5.32 Å². The molecule has 0 amide bonds. The van der Waals surface area contributed by atoms with Crippen LogP contribution in [0.5, 0.6) is 5.75 Å². The molecule has 1 unspecified atom stereocenters. The Morgan fingerprint density at radius 1 is 1.47 bits per heavy atom. The highest BCUT2D eigenvalue weighted by molar-refractivity contribution is 7.09. The van der Waals surface area contributed by atoms with E-state index in [0.717, 1.165) is 10.7 Å². The zero-order valence-corrected chi connectivity index (χ0v) is 10.7. The van der Waals surface area contributed by atoms with Gasteiger partial charge >= 0.3 is 0 Å². The lowest BCUT2D eigenvalue weighted by Crippen LogP contribution is -2.18. The Kier molecular flexibility index (Phi) is 3.71. The molecule has 0 aliphatic heterocycles. The summed E-state index contributed by atoms with van der Waals surface area (Å²) in [7, 11) is 0. The summed E-state index contributed by atoms with van der Waals surface area (Å²) in [6, 6.07) is 3.63. The Bertz CT molecular complexity index is 485. The lowest BCUT2D eigenvalue weighted by Gasteiger charge is -2.11. The van der Waals surface area contributed by atoms with Crippen LogP contribution in [0.15, 0.2) is 23.7 Å². The van der Waals surface area contributed by atoms with E-state index < -0.39 is 0 Å². The van der Waals surface area contributed by atoms with Crippen LogP contribution in [-0.4, -0.2) is 15.1 Å². The van der Waals surface area contributed by atoms with Crippen LogP contribution in [0.3, 0.4) is 0 Å². The third-order valence-electron chi connectivity index (χ3n) is 2.49. The quantitative estimate of drug-likeness (QED) is 0.873. The summed E-state index contributed by atoms with van der Waals surface area (Å²) < 4.78 is 0. The van der Waals surface area contributed by atoms with Gasteiger partial charge in [0.05, 0.1) is 11.7 Å². The number of pyridine rings is 1. The normalized spacial score (nSPS) is 12.6. The summed E-state index contributed by atoms with van der Waals surface area (Å²) in [5.74, 6) is 0.231. The fraction of sp³-hybridized carbons (Fsp3) is 0.333. The van der Waals surface area contributed by atoms with Crippen molar-refractivity contribution >= 4 is 11.3 Å². The SMILES string of the molecule is Cc1ccc(O)c(CNC(C)c2nccs2)n1. The zero-order valence-electron chi connectivity index (χ0n) is 9.84. The molecule has 2 rings (SSSR count). The van der Waals surface area contributed by atoms with Crippen molar-refractivity contribution in [3.05, 3.63) is 40.1 Å². The summed E-state index contributed by atoms with van der Waals surface area (Å²) in [6.07, 6.45) is 1.79. The average Bonchev–Trinajstić information content (AvgIpc) is 2.83. The maximum Gasteiger partial charge on any atom is 0.138 e. The van der Waals surface area contributed by atoms with Gasteiger partial charge < -0.3 is 10.4 Å². The predicted octanol–water partition coefficient (Wildman–Crippen LogP) is 2.40. The van der Waals surface area contributed by atoms with Crippen LogP contribution in [0.4, 0.5) is 0 Å². The summed E-state index contributed by atoms with van der Waals surface area (Å²) >= 11 is 1.62. The molecular formula is C12H15N3OS. The second-order valence-corrected chi connectivity index (χ2v) is 4.82. The van der Waals surface area contributed by atoms with E-state index in [9.17, 15) is 5.11 Å². The van der Waals surface area contributed by atoms with Crippen molar-refractivity contribution in [2.75, 3.05) is 0 Å². The first-order chi connectivity index (χ1) is 8.16. The molecule has 0 bridgehead atoms. The van der Waals surface area contributed by atoms with Gasteiger partial charge in [-0.1, -0.05) is 0 Å². The van der Waals surface area contributed by atoms with Crippen molar-refractivity contribution in [1.82, 2.24) is 15.3 Å². The fourth-order valence-electron chi connectivity index (χ4n) is 1.52. The van der Waals surface area contributed by atoms with Crippen molar-refractivity contribution in [2.45, 2.75) is 26.4 Å². The molecule has 17 heavy (non-hydrogen) atoms. The van der Waals surface area contributed by atoms with Gasteiger partial charge in [0.1, 0.15) is 10.8 Å². The molecule has 0 aromatic carbocycles. The van der Waals surface area contributed by atoms with Crippen LogP contribution >= 0.6 is 11.3 Å². The van der Waals surface area contributed by atoms with E-state index >= 15 is 0 Å². The van der Waals surface area contributed by atoms with E-state index in [0.29, 0.717) is 12.2 Å². The minimum atomic E-state index is 0.164. The molecule has 0 spiro atoms. The largest absolute Gasteiger partial charge is 0.506 e. The van der Waals surface area contributed by atoms with Crippen LogP contribution in [0.25, 0.3) is 0 Å². The zero-order chi connectivity index (χ0) is 12.3. The molecule has 2 aromatic heterocycles. The predicted molar refractivity (Wildman–Crippen MR) is 68.0 cm³/mol. The van der Waals surface area contributed by atoms with Crippen molar-refractivity contribution in [3.8, 4) is 5.75 Å². The van der Waals surface area contributed by atoms with Crippen LogP contribution in [-0.2, 0) is 6.54 Å². The number of hydrogen-bond donors (Lipinski definition) is 2. The second-order valence-electron chi connectivity index (χ2n) is 3.89. The minimum Gasteiger partial charge on any atom is -0.506 e. The third-order valence-corrected chi connectivity index (χ3v) is 3.45. The fourth-order valence-corrected chi connectivity index (χ4v) is 2.19. The number of aryl methyl sites for hydroxylation is 1. The molecule has 0 radical (unpaired) electrons. The maximum atomic E-state index is 9.66. The van der Waals surface area contributed by atoms with Gasteiger partial charge in [-0.05, 0) is 26.0 Å². The first-order valence-electron chi connectivity index (χ1n) is 5.45. The average molecular weight is 249 g/mol. The number of thiazole rings is 1. The lowest BCUT2D eigenvalue weighted by atomic mass is 10.2. The van der Waals surface area contributed by atoms with Gasteiger partial charge in [0.15, 0.2) is 0 Å². The molecule has 0 aliphatic rings. The first kappa shape index (κ1) is 12.0. The summed E-state index contributed by atoms with van der Waals surface area (Å²) in [5.41, 5.74) is 1.58. The molecule has 0 saturated carbocycles. The summed E-state index contributed by atoms with van der Waals surface area (Å²) in [6.45, 7) is 4.49. The highest BCUT2D eigenvalue weighted by Crippen LogP contribution is 2.18. The lowest BCUT2D eigenvalue weighted by molar-refractivity contribution is 0.454. The highest BCUT2D eigenvalue weighted by Gasteiger charge is 2.09. The monoisotopic (exact) mass is 249 g/mol. The van der Waals surface area contributed by atoms with Gasteiger partial charge in [-0.25, -0.2) is 4.98 Å². The van der Waals surface area contributed by atoms with Crippen molar-refractivity contribution < 1.29 is 5.11 Å². The van der Waals surface area contributed by atoms with E-state index in [1.807, 2.05) is 19.2 Å². The van der Waals surface area contributed by atoms with Crippen LogP contribution in [0, 0.1) is 6.92 Å². The Morgan fingerprint density at radius 2 is 2.29 bits per heavy atom. The number of aromatic nitrogens is 2. The Labute approximate surface area is 104 Å². The van der Waals surface area contributed by atoms with Gasteiger partial charge in [-0.15, -0.1) is 11.3 Å². The maximum absolute atomic E-state index is 9.66. The number of nitrogens with one attached hydrogen (secondary N) is 1. The van der Waals surface area contributed by atoms with Gasteiger partial charge in [0.25, 0.3) is 0 Å². The topological polar surface area (TPSA) is 58.0 Å². The second kappa shape index (κ2) is 5.25. The smallest absolute Gasteiger partial charge is 0.138 e. The molecule has 0 aliphatic carbocycles. The number of rotatable bonds is 4. The van der Waals surface area contributed by atoms with Gasteiger partial charge in [0.2, 0.25) is 0 Å². The molecule has 0 fully saturated rings. The molecule has 0 saturated heterocycles. The van der Waals surface area contributed by atoms with E-state index in [1.165, 1.54) is 0 Å². The van der Waals surface area contributed by atoms with E-state index in [2.05, 4.69) is 15.3 Å². The molecule has 5 heteroatoms. The molecule has 2 heterocycles. The first-order valence-corrected chi connectivity index (χ1v) is 6.33. The molecular weight excluding hydrogens is 234 g/mol. The van der Waals surface area contributed by atoms with Crippen LogP contribution in [0.1, 0.15) is 29.4 Å². The van der Waals surface area contributed by atoms with Gasteiger partial charge in [-0.2, -0.15) is 0 Å². The number of hydrogen-bond acceptors (Lipinski definition) is 5. The molecule has 90 valence electrons. The Hall–Kier alpha value is -1.46. The number of nitrogens with zero attached hydrogens (tertiary/aromatic N) is 2. The van der Waals surface area contributed by atoms with Gasteiger partial charge in [0, 0.05) is 23.8 Å². The minimum absolute atomic E-state index is 0.164. The van der Waals surface area contributed by atoms with E-state index in [-0.39, 0.29) is 11.8 Å². The summed E-state index contributed by atoms with van der Waals surface area (Å²) in [4.78, 5) is 8.54. The summed E-state index contributed by atoms with van der Waals surface area (Å²) in [5, 5.41) is 16.0. The van der Waals surface area contributed by atoms with Crippen LogP contribution in [0.2, 0.25) is 0 Å². The highest BCUT2D eigenvalue weighted by atomic mass is 32.1. The van der Waals surface area contributed by atoms with Crippen molar-refractivity contribution in [2.24, 2.45) is 0 Å². The van der Waals surface area contributed by atoms with E-state index in [4.69, 9.17) is 0 Å². The number of aromatic hydroxyl groups is 1. The van der Waals surface area contributed by atoms with Crippen molar-refractivity contribution in [3.63, 3.8) is 0 Å². The van der Waals surface area contributed by atoms with Gasteiger partial charge in [-0.3, -0.25) is 4.98 Å². The van der Waals surface area contributed by atoms with Crippen molar-refractivity contribution in [1.29, 1.82) is 0 Å². The standard InChI is InChI=1S/C12H15N3OS/c1-8-3-4-11(16)10(15-8)7-14-9(2)12-13-5-6-17-12/h3-6,9,14,16H,7H2,1-2H3. The molecule has 4 nitrogen and oxygen atoms in total. The Morgan fingerprint density at radius 3 is 3.00 bits per heavy atom. The Balaban J connectivity index is 2.00. The van der Waals surface area contributed by atoms with E-state index in [1.54, 1.807) is 29.7 Å². The third kappa shape index (κ3) is 3.01. The molecule has 1 atom stereocenters. The molecule has 2 N–H and O–H groups in total. The molecule has 2 aromatic rings.